The van der Waals surface area contributed by atoms with Gasteiger partial charge in [-0.25, -0.2) is 4.98 Å². The van der Waals surface area contributed by atoms with Gasteiger partial charge in [-0.3, -0.25) is 0 Å². The van der Waals surface area contributed by atoms with Crippen LogP contribution in [0.2, 0.25) is 5.02 Å². The summed E-state index contributed by atoms with van der Waals surface area (Å²) in [6, 6.07) is 12.0. The minimum absolute atomic E-state index is 0.773. The molecule has 0 bridgehead atoms. The van der Waals surface area contributed by atoms with Gasteiger partial charge in [0.2, 0.25) is 0 Å². The van der Waals surface area contributed by atoms with Crippen LogP contribution in [0.25, 0.3) is 5.65 Å². The maximum atomic E-state index is 5.98. The van der Waals surface area contributed by atoms with Gasteiger partial charge in [-0.05, 0) is 36.2 Å². The second-order valence-electron chi connectivity index (χ2n) is 4.87. The van der Waals surface area contributed by atoms with E-state index < -0.39 is 0 Å². The predicted octanol–water partition coefficient (Wildman–Crippen LogP) is 3.59. The van der Waals surface area contributed by atoms with E-state index in [-0.39, 0.29) is 0 Å². The van der Waals surface area contributed by atoms with E-state index in [0.717, 1.165) is 29.5 Å². The number of aryl methyl sites for hydroxylation is 1. The average Bonchev–Trinajstić information content (AvgIpc) is 2.84. The first-order chi connectivity index (χ1) is 9.74. The zero-order valence-corrected chi connectivity index (χ0v) is 12.1. The summed E-state index contributed by atoms with van der Waals surface area (Å²) in [5.74, 6) is 0. The second-order valence-corrected chi connectivity index (χ2v) is 5.30. The fourth-order valence-corrected chi connectivity index (χ4v) is 2.53. The third kappa shape index (κ3) is 2.69. The van der Waals surface area contributed by atoms with Crippen molar-refractivity contribution < 1.29 is 0 Å². The summed E-state index contributed by atoms with van der Waals surface area (Å²) >= 11 is 5.98. The van der Waals surface area contributed by atoms with E-state index in [4.69, 9.17) is 11.6 Å². The first-order valence-corrected chi connectivity index (χ1v) is 6.98. The van der Waals surface area contributed by atoms with Crippen LogP contribution in [0.4, 0.5) is 0 Å². The van der Waals surface area contributed by atoms with Crippen molar-refractivity contribution in [2.75, 3.05) is 0 Å². The lowest BCUT2D eigenvalue weighted by molar-refractivity contribution is 0.675. The molecular weight excluding hydrogens is 270 g/mol. The molecule has 0 atom stereocenters. The van der Waals surface area contributed by atoms with Gasteiger partial charge in [-0.1, -0.05) is 29.8 Å². The molecule has 3 nitrogen and oxygen atoms in total. The maximum absolute atomic E-state index is 5.98. The Hall–Kier alpha value is -1.84. The Morgan fingerprint density at radius 1 is 1.20 bits per heavy atom. The molecule has 0 saturated heterocycles. The van der Waals surface area contributed by atoms with E-state index in [1.807, 2.05) is 36.7 Å². The number of fused-ring (bicyclic) bond motifs is 1. The SMILES string of the molecule is Cc1cccn2c(CNCc3cccc(Cl)c3)cnc12. The standard InChI is InChI=1S/C16H16ClN3/c1-12-4-3-7-20-15(11-19-16(12)20)10-18-9-13-5-2-6-14(17)8-13/h2-8,11,18H,9-10H2,1H3. The van der Waals surface area contributed by atoms with Crippen molar-refractivity contribution in [1.29, 1.82) is 0 Å². The van der Waals surface area contributed by atoms with Crippen molar-refractivity contribution in [2.24, 2.45) is 0 Å². The van der Waals surface area contributed by atoms with Crippen LogP contribution in [0.15, 0.2) is 48.8 Å². The number of halogens is 1. The summed E-state index contributed by atoms with van der Waals surface area (Å²) < 4.78 is 2.13. The molecule has 3 aromatic rings. The van der Waals surface area contributed by atoms with Crippen LogP contribution >= 0.6 is 11.6 Å². The van der Waals surface area contributed by atoms with E-state index in [9.17, 15) is 0 Å². The highest BCUT2D eigenvalue weighted by atomic mass is 35.5. The van der Waals surface area contributed by atoms with Crippen LogP contribution in [-0.2, 0) is 13.1 Å². The van der Waals surface area contributed by atoms with Crippen LogP contribution in [0.3, 0.4) is 0 Å². The number of pyridine rings is 1. The monoisotopic (exact) mass is 285 g/mol. The Bertz CT molecular complexity index is 733. The molecule has 2 aromatic heterocycles. The number of benzene rings is 1. The smallest absolute Gasteiger partial charge is 0.139 e. The highest BCUT2D eigenvalue weighted by Gasteiger charge is 2.04. The van der Waals surface area contributed by atoms with E-state index in [0.29, 0.717) is 0 Å². The molecule has 4 heteroatoms. The first-order valence-electron chi connectivity index (χ1n) is 6.61. The largest absolute Gasteiger partial charge is 0.307 e. The van der Waals surface area contributed by atoms with Gasteiger partial charge in [0.05, 0.1) is 11.9 Å². The minimum atomic E-state index is 0.773. The molecule has 0 amide bonds. The van der Waals surface area contributed by atoms with Gasteiger partial charge in [-0.2, -0.15) is 0 Å². The molecule has 1 N–H and O–H groups in total. The average molecular weight is 286 g/mol. The molecule has 102 valence electrons. The van der Waals surface area contributed by atoms with Gasteiger partial charge in [0, 0.05) is 24.3 Å². The number of rotatable bonds is 4. The zero-order chi connectivity index (χ0) is 13.9. The van der Waals surface area contributed by atoms with Gasteiger partial charge in [0.1, 0.15) is 5.65 Å². The van der Waals surface area contributed by atoms with Gasteiger partial charge >= 0.3 is 0 Å². The summed E-state index contributed by atoms with van der Waals surface area (Å²) in [7, 11) is 0. The molecule has 0 aliphatic rings. The van der Waals surface area contributed by atoms with Crippen molar-refractivity contribution >= 4 is 17.2 Å². The van der Waals surface area contributed by atoms with E-state index in [1.54, 1.807) is 0 Å². The Kier molecular flexibility index (Phi) is 3.72. The minimum Gasteiger partial charge on any atom is -0.307 e. The Balaban J connectivity index is 1.70. The number of nitrogens with zero attached hydrogens (tertiary/aromatic N) is 2. The molecule has 0 aliphatic heterocycles. The summed E-state index contributed by atoms with van der Waals surface area (Å²) in [5.41, 5.74) is 4.55. The van der Waals surface area contributed by atoms with Crippen LogP contribution in [0, 0.1) is 6.92 Å². The van der Waals surface area contributed by atoms with Crippen molar-refractivity contribution in [1.82, 2.24) is 14.7 Å². The van der Waals surface area contributed by atoms with Gasteiger partial charge in [-0.15, -0.1) is 0 Å². The van der Waals surface area contributed by atoms with Crippen molar-refractivity contribution in [3.05, 3.63) is 70.6 Å². The molecule has 0 spiro atoms. The zero-order valence-electron chi connectivity index (χ0n) is 11.3. The van der Waals surface area contributed by atoms with Gasteiger partial charge < -0.3 is 9.72 Å². The molecule has 3 rings (SSSR count). The summed E-state index contributed by atoms with van der Waals surface area (Å²) in [6.07, 6.45) is 3.97. The highest BCUT2D eigenvalue weighted by Crippen LogP contribution is 2.12. The van der Waals surface area contributed by atoms with E-state index >= 15 is 0 Å². The van der Waals surface area contributed by atoms with Gasteiger partial charge in [0.25, 0.3) is 0 Å². The molecule has 0 saturated carbocycles. The van der Waals surface area contributed by atoms with Crippen molar-refractivity contribution in [2.45, 2.75) is 20.0 Å². The van der Waals surface area contributed by atoms with Gasteiger partial charge in [0.15, 0.2) is 0 Å². The number of nitrogens with one attached hydrogen (secondary N) is 1. The lowest BCUT2D eigenvalue weighted by Crippen LogP contribution is -2.14. The number of hydrogen-bond donors (Lipinski definition) is 1. The summed E-state index contributed by atoms with van der Waals surface area (Å²) in [6.45, 7) is 3.64. The first kappa shape index (κ1) is 13.2. The van der Waals surface area contributed by atoms with Crippen molar-refractivity contribution in [3.63, 3.8) is 0 Å². The van der Waals surface area contributed by atoms with E-state index in [1.165, 1.54) is 11.1 Å². The molecule has 1 aromatic carbocycles. The molecule has 0 radical (unpaired) electrons. The number of aromatic nitrogens is 2. The Morgan fingerprint density at radius 2 is 2.10 bits per heavy atom. The second kappa shape index (κ2) is 5.65. The van der Waals surface area contributed by atoms with Crippen LogP contribution < -0.4 is 5.32 Å². The van der Waals surface area contributed by atoms with Crippen LogP contribution in [-0.4, -0.2) is 9.38 Å². The predicted molar refractivity (Wildman–Crippen MR) is 81.9 cm³/mol. The molecule has 2 heterocycles. The quantitative estimate of drug-likeness (QED) is 0.794. The summed E-state index contributed by atoms with van der Waals surface area (Å²) in [4.78, 5) is 4.46. The van der Waals surface area contributed by atoms with E-state index in [2.05, 4.69) is 33.8 Å². The normalized spacial score (nSPS) is 11.1. The van der Waals surface area contributed by atoms with Crippen LogP contribution in [0.5, 0.6) is 0 Å². The molecule has 20 heavy (non-hydrogen) atoms. The molecule has 0 fully saturated rings. The Labute approximate surface area is 123 Å². The number of hydrogen-bond acceptors (Lipinski definition) is 2. The third-order valence-corrected chi connectivity index (χ3v) is 3.57. The molecule has 0 unspecified atom stereocenters. The molecular formula is C16H16ClN3. The third-order valence-electron chi connectivity index (χ3n) is 3.33. The lowest BCUT2D eigenvalue weighted by Gasteiger charge is -2.06. The molecule has 0 aliphatic carbocycles. The van der Waals surface area contributed by atoms with Crippen molar-refractivity contribution in [3.8, 4) is 0 Å². The maximum Gasteiger partial charge on any atom is 0.139 e. The highest BCUT2D eigenvalue weighted by molar-refractivity contribution is 6.30. The fraction of sp³-hybridized carbons (Fsp3) is 0.188. The number of imidazole rings is 1. The topological polar surface area (TPSA) is 29.3 Å². The summed E-state index contributed by atoms with van der Waals surface area (Å²) in [5, 5.41) is 4.20. The Morgan fingerprint density at radius 3 is 2.95 bits per heavy atom. The fourth-order valence-electron chi connectivity index (χ4n) is 2.31. The van der Waals surface area contributed by atoms with Crippen LogP contribution in [0.1, 0.15) is 16.8 Å². The lowest BCUT2D eigenvalue weighted by atomic mass is 10.2.